The molecule has 0 aliphatic carbocycles. The Morgan fingerprint density at radius 3 is 2.89 bits per heavy atom. The lowest BCUT2D eigenvalue weighted by molar-refractivity contribution is 0.760. The molecule has 0 saturated carbocycles. The number of rotatable bonds is 2. The number of halogens is 2. The van der Waals surface area contributed by atoms with E-state index in [0.717, 1.165) is 10.7 Å². The molecule has 4 nitrogen and oxygen atoms in total. The van der Waals surface area contributed by atoms with E-state index in [1.54, 1.807) is 6.20 Å². The van der Waals surface area contributed by atoms with Gasteiger partial charge in [-0.05, 0) is 18.2 Å². The van der Waals surface area contributed by atoms with Crippen molar-refractivity contribution in [1.82, 2.24) is 4.98 Å². The van der Waals surface area contributed by atoms with Crippen LogP contribution in [0.25, 0.3) is 0 Å². The molecule has 1 unspecified atom stereocenters. The zero-order valence-electron chi connectivity index (χ0n) is 9.75. The molecular weight excluding hydrogens is 303 g/mol. The fourth-order valence-corrected chi connectivity index (χ4v) is 3.24. The van der Waals surface area contributed by atoms with E-state index in [0.29, 0.717) is 21.9 Å². The van der Waals surface area contributed by atoms with Gasteiger partial charge in [-0.25, -0.2) is 4.98 Å². The number of benzene rings is 1. The van der Waals surface area contributed by atoms with Crippen LogP contribution in [0, 0.1) is 0 Å². The molecule has 19 heavy (non-hydrogen) atoms. The van der Waals surface area contributed by atoms with Crippen molar-refractivity contribution in [3.8, 4) is 0 Å². The Hall–Kier alpha value is -1.30. The number of aromatic nitrogens is 1. The molecule has 1 aromatic heterocycles. The molecule has 2 heterocycles. The van der Waals surface area contributed by atoms with E-state index < -0.39 is 0 Å². The highest BCUT2D eigenvalue weighted by Gasteiger charge is 2.31. The van der Waals surface area contributed by atoms with Crippen molar-refractivity contribution < 1.29 is 0 Å². The maximum atomic E-state index is 6.03. The van der Waals surface area contributed by atoms with Crippen LogP contribution >= 0.6 is 34.5 Å². The van der Waals surface area contributed by atoms with E-state index >= 15 is 0 Å². The van der Waals surface area contributed by atoms with Gasteiger partial charge in [0, 0.05) is 10.7 Å². The largest absolute Gasteiger partial charge is 0.369 e. The predicted octanol–water partition coefficient (Wildman–Crippen LogP) is 3.33. The van der Waals surface area contributed by atoms with E-state index in [4.69, 9.17) is 28.9 Å². The van der Waals surface area contributed by atoms with Gasteiger partial charge in [0.05, 0.1) is 12.7 Å². The molecule has 0 saturated heterocycles. The van der Waals surface area contributed by atoms with Gasteiger partial charge in [-0.15, -0.1) is 11.3 Å². The number of thiazole rings is 1. The summed E-state index contributed by atoms with van der Waals surface area (Å²) in [5.41, 5.74) is 6.88. The lowest BCUT2D eigenvalue weighted by Gasteiger charge is -2.24. The average Bonchev–Trinajstić information content (AvgIpc) is 2.95. The van der Waals surface area contributed by atoms with Crippen LogP contribution in [-0.2, 0) is 0 Å². The molecule has 2 aromatic rings. The Balaban J connectivity index is 1.99. The highest BCUT2D eigenvalue weighted by atomic mass is 35.5. The van der Waals surface area contributed by atoms with E-state index in [9.17, 15) is 0 Å². The smallest absolute Gasteiger partial charge is 0.196 e. The van der Waals surface area contributed by atoms with Crippen LogP contribution in [0.4, 0.5) is 5.69 Å². The lowest BCUT2D eigenvalue weighted by atomic mass is 10.2. The van der Waals surface area contributed by atoms with Crippen molar-refractivity contribution in [2.75, 3.05) is 11.4 Å². The second kappa shape index (κ2) is 5.00. The highest BCUT2D eigenvalue weighted by Crippen LogP contribution is 2.35. The van der Waals surface area contributed by atoms with Gasteiger partial charge >= 0.3 is 0 Å². The Kier molecular flexibility index (Phi) is 3.35. The first-order valence-electron chi connectivity index (χ1n) is 5.61. The fourth-order valence-electron chi connectivity index (χ4n) is 2.05. The SMILES string of the molecule is NC1=NCC(c2ncc(Cl)s2)N1c1cccc(Cl)c1. The maximum Gasteiger partial charge on any atom is 0.196 e. The van der Waals surface area contributed by atoms with Gasteiger partial charge in [0.1, 0.15) is 15.4 Å². The standard InChI is InChI=1S/C12H10Cl2N4S/c13-7-2-1-3-8(4-7)18-9(5-17-12(18)15)11-16-6-10(14)19-11/h1-4,6,9H,5H2,(H2,15,17). The lowest BCUT2D eigenvalue weighted by Crippen LogP contribution is -2.36. The van der Waals surface area contributed by atoms with E-state index in [-0.39, 0.29) is 6.04 Å². The Morgan fingerprint density at radius 2 is 2.21 bits per heavy atom. The highest BCUT2D eigenvalue weighted by molar-refractivity contribution is 7.15. The average molecular weight is 313 g/mol. The monoisotopic (exact) mass is 312 g/mol. The van der Waals surface area contributed by atoms with E-state index in [1.807, 2.05) is 29.2 Å². The van der Waals surface area contributed by atoms with E-state index in [1.165, 1.54) is 11.3 Å². The first-order chi connectivity index (χ1) is 9.15. The molecule has 0 radical (unpaired) electrons. The number of hydrogen-bond donors (Lipinski definition) is 1. The van der Waals surface area contributed by atoms with Crippen LogP contribution in [0.5, 0.6) is 0 Å². The van der Waals surface area contributed by atoms with Crippen molar-refractivity contribution in [2.45, 2.75) is 6.04 Å². The zero-order chi connectivity index (χ0) is 13.4. The number of guanidine groups is 1. The molecule has 0 bridgehead atoms. The predicted molar refractivity (Wildman–Crippen MR) is 80.3 cm³/mol. The molecule has 2 N–H and O–H groups in total. The Morgan fingerprint density at radius 1 is 1.37 bits per heavy atom. The van der Waals surface area contributed by atoms with Gasteiger partial charge in [-0.3, -0.25) is 4.99 Å². The van der Waals surface area contributed by atoms with Crippen molar-refractivity contribution in [1.29, 1.82) is 0 Å². The Labute approximate surface area is 124 Å². The number of anilines is 1. The Bertz CT molecular complexity index is 640. The van der Waals surface area contributed by atoms with Crippen LogP contribution in [0.1, 0.15) is 11.0 Å². The topological polar surface area (TPSA) is 54.5 Å². The number of nitrogens with two attached hydrogens (primary N) is 1. The van der Waals surface area contributed by atoms with Gasteiger partial charge in [0.15, 0.2) is 5.96 Å². The third-order valence-electron chi connectivity index (χ3n) is 2.85. The summed E-state index contributed by atoms with van der Waals surface area (Å²) in [5.74, 6) is 0.471. The molecule has 1 aliphatic heterocycles. The summed E-state index contributed by atoms with van der Waals surface area (Å²) in [6.07, 6.45) is 1.65. The van der Waals surface area contributed by atoms with Gasteiger partial charge in [0.25, 0.3) is 0 Å². The van der Waals surface area contributed by atoms with Gasteiger partial charge in [0.2, 0.25) is 0 Å². The molecule has 0 fully saturated rings. The molecule has 0 spiro atoms. The quantitative estimate of drug-likeness (QED) is 0.925. The third-order valence-corrected chi connectivity index (χ3v) is 4.30. The molecule has 1 aliphatic rings. The molecule has 1 aromatic carbocycles. The summed E-state index contributed by atoms with van der Waals surface area (Å²) in [4.78, 5) is 10.5. The van der Waals surface area contributed by atoms with Crippen molar-refractivity contribution in [3.05, 3.63) is 44.8 Å². The first-order valence-corrected chi connectivity index (χ1v) is 7.18. The van der Waals surface area contributed by atoms with E-state index in [2.05, 4.69) is 9.98 Å². The maximum absolute atomic E-state index is 6.03. The van der Waals surface area contributed by atoms with Crippen LogP contribution in [-0.4, -0.2) is 17.5 Å². The number of hydrogen-bond acceptors (Lipinski definition) is 5. The summed E-state index contributed by atoms with van der Waals surface area (Å²) in [6, 6.07) is 7.49. The second-order valence-corrected chi connectivity index (χ2v) is 6.20. The van der Waals surface area contributed by atoms with Crippen LogP contribution in [0.15, 0.2) is 35.5 Å². The van der Waals surface area contributed by atoms with Crippen LogP contribution < -0.4 is 10.6 Å². The molecule has 7 heteroatoms. The summed E-state index contributed by atoms with van der Waals surface area (Å²) in [5, 5.41) is 1.56. The molecule has 98 valence electrons. The fraction of sp³-hybridized carbons (Fsp3) is 0.167. The minimum atomic E-state index is -0.0176. The summed E-state index contributed by atoms with van der Waals surface area (Å²) in [6.45, 7) is 0.572. The first kappa shape index (κ1) is 12.7. The normalized spacial score (nSPS) is 18.7. The van der Waals surface area contributed by atoms with Crippen molar-refractivity contribution in [2.24, 2.45) is 10.7 Å². The molecule has 3 rings (SSSR count). The zero-order valence-corrected chi connectivity index (χ0v) is 12.1. The van der Waals surface area contributed by atoms with Crippen molar-refractivity contribution >= 4 is 46.2 Å². The third kappa shape index (κ3) is 2.41. The number of aliphatic imine (C=N–C) groups is 1. The summed E-state index contributed by atoms with van der Waals surface area (Å²) >= 11 is 13.4. The molecular formula is C12H10Cl2N4S. The minimum absolute atomic E-state index is 0.0176. The summed E-state index contributed by atoms with van der Waals surface area (Å²) in [7, 11) is 0. The van der Waals surface area contributed by atoms with Crippen molar-refractivity contribution in [3.63, 3.8) is 0 Å². The van der Waals surface area contributed by atoms with Crippen LogP contribution in [0.2, 0.25) is 9.36 Å². The van der Waals surface area contributed by atoms with Gasteiger partial charge < -0.3 is 10.6 Å². The minimum Gasteiger partial charge on any atom is -0.369 e. The van der Waals surface area contributed by atoms with Crippen LogP contribution in [0.3, 0.4) is 0 Å². The second-order valence-electron chi connectivity index (χ2n) is 4.07. The number of nitrogens with zero attached hydrogens (tertiary/aromatic N) is 3. The molecule has 0 amide bonds. The summed E-state index contributed by atoms with van der Waals surface area (Å²) < 4.78 is 0.659. The molecule has 1 atom stereocenters. The van der Waals surface area contributed by atoms with Gasteiger partial charge in [-0.1, -0.05) is 29.3 Å². The van der Waals surface area contributed by atoms with Gasteiger partial charge in [-0.2, -0.15) is 0 Å².